The van der Waals surface area contributed by atoms with Crippen LogP contribution in [-0.4, -0.2) is 53.3 Å². The van der Waals surface area contributed by atoms with Gasteiger partial charge in [-0.05, 0) is 55.2 Å². The number of halogens is 2. The van der Waals surface area contributed by atoms with E-state index in [-0.39, 0.29) is 11.9 Å². The third-order valence-electron chi connectivity index (χ3n) is 6.59. The van der Waals surface area contributed by atoms with Gasteiger partial charge in [0.05, 0.1) is 6.42 Å². The molecular formula is C24H27ClFN5O. The standard InChI is InChI=1S/C24H27ClFN5O/c25-18-3-1-16(2-4-18)11-21-15-32-22-6-5-19(26)12-17(22)14-31(21)20-7-9-30(10-8-20)24-13-23(27)28-29-24/h1-6,12,20-21H,7-11,13-15H2,(H2,27,28)/t21-/m0/s1. The summed E-state index contributed by atoms with van der Waals surface area (Å²) in [5.74, 6) is 2.09. The number of piperidine rings is 1. The predicted octanol–water partition coefficient (Wildman–Crippen LogP) is 3.82. The quantitative estimate of drug-likeness (QED) is 0.764. The van der Waals surface area contributed by atoms with Crippen molar-refractivity contribution >= 4 is 23.3 Å². The van der Waals surface area contributed by atoms with Gasteiger partial charge in [0.1, 0.15) is 29.8 Å². The molecule has 8 heteroatoms. The number of amidine groups is 2. The Morgan fingerprint density at radius 1 is 1.09 bits per heavy atom. The highest BCUT2D eigenvalue weighted by atomic mass is 35.5. The Labute approximate surface area is 192 Å². The van der Waals surface area contributed by atoms with E-state index in [9.17, 15) is 4.39 Å². The molecule has 3 heterocycles. The monoisotopic (exact) mass is 455 g/mol. The number of nitrogens with zero attached hydrogens (tertiary/aromatic N) is 4. The van der Waals surface area contributed by atoms with Crippen molar-refractivity contribution in [1.29, 1.82) is 0 Å². The number of hydrogen-bond acceptors (Lipinski definition) is 6. The summed E-state index contributed by atoms with van der Waals surface area (Å²) in [7, 11) is 0. The molecule has 1 saturated heterocycles. The van der Waals surface area contributed by atoms with Crippen LogP contribution in [0.15, 0.2) is 52.7 Å². The highest BCUT2D eigenvalue weighted by Gasteiger charge is 2.34. The van der Waals surface area contributed by atoms with Gasteiger partial charge in [-0.25, -0.2) is 4.39 Å². The number of likely N-dealkylation sites (tertiary alicyclic amines) is 1. The summed E-state index contributed by atoms with van der Waals surface area (Å²) in [6.07, 6.45) is 3.49. The Hall–Kier alpha value is -2.64. The fourth-order valence-electron chi connectivity index (χ4n) is 4.90. The average Bonchev–Trinajstić information content (AvgIpc) is 3.15. The van der Waals surface area contributed by atoms with Crippen LogP contribution in [0, 0.1) is 5.82 Å². The second-order valence-corrected chi connectivity index (χ2v) is 9.16. The van der Waals surface area contributed by atoms with Crippen LogP contribution < -0.4 is 10.5 Å². The Balaban J connectivity index is 1.34. The van der Waals surface area contributed by atoms with Crippen LogP contribution >= 0.6 is 11.6 Å². The van der Waals surface area contributed by atoms with E-state index >= 15 is 0 Å². The molecule has 2 aromatic rings. The van der Waals surface area contributed by atoms with Gasteiger partial charge in [-0.2, -0.15) is 0 Å². The van der Waals surface area contributed by atoms with Crippen molar-refractivity contribution in [3.05, 3.63) is 64.4 Å². The third-order valence-corrected chi connectivity index (χ3v) is 6.84. The van der Waals surface area contributed by atoms with Crippen molar-refractivity contribution in [3.8, 4) is 5.75 Å². The summed E-state index contributed by atoms with van der Waals surface area (Å²) in [4.78, 5) is 4.80. The highest BCUT2D eigenvalue weighted by Crippen LogP contribution is 2.31. The second-order valence-electron chi connectivity index (χ2n) is 8.72. The van der Waals surface area contributed by atoms with E-state index in [0.29, 0.717) is 31.4 Å². The van der Waals surface area contributed by atoms with E-state index in [2.05, 4.69) is 32.1 Å². The van der Waals surface area contributed by atoms with Gasteiger partial charge in [0.2, 0.25) is 0 Å². The SMILES string of the molecule is NC1=NN=C(N2CCC(N3Cc4cc(F)ccc4OC[C@@H]3Cc3ccc(Cl)cc3)CC2)C1. The van der Waals surface area contributed by atoms with Crippen molar-refractivity contribution in [2.45, 2.75) is 44.3 Å². The van der Waals surface area contributed by atoms with Crippen LogP contribution in [0.2, 0.25) is 5.02 Å². The average molecular weight is 456 g/mol. The van der Waals surface area contributed by atoms with Gasteiger partial charge in [-0.1, -0.05) is 23.7 Å². The third kappa shape index (κ3) is 4.59. The number of benzene rings is 2. The van der Waals surface area contributed by atoms with Gasteiger partial charge >= 0.3 is 0 Å². The summed E-state index contributed by atoms with van der Waals surface area (Å²) in [6, 6.07) is 13.4. The first-order valence-corrected chi connectivity index (χ1v) is 11.5. The van der Waals surface area contributed by atoms with Crippen LogP contribution in [0.1, 0.15) is 30.4 Å². The summed E-state index contributed by atoms with van der Waals surface area (Å²) in [6.45, 7) is 3.06. The van der Waals surface area contributed by atoms with Crippen LogP contribution in [0.4, 0.5) is 4.39 Å². The number of rotatable bonds is 3. The van der Waals surface area contributed by atoms with E-state index in [4.69, 9.17) is 22.1 Å². The topological polar surface area (TPSA) is 66.5 Å². The minimum atomic E-state index is -0.227. The molecule has 6 nitrogen and oxygen atoms in total. The van der Waals surface area contributed by atoms with Gasteiger partial charge in [0.15, 0.2) is 0 Å². The molecule has 1 atom stereocenters. The molecular weight excluding hydrogens is 429 g/mol. The second kappa shape index (κ2) is 9.08. The maximum Gasteiger partial charge on any atom is 0.135 e. The maximum atomic E-state index is 14.0. The van der Waals surface area contributed by atoms with Gasteiger partial charge in [-0.3, -0.25) is 4.90 Å². The molecule has 0 aromatic heterocycles. The van der Waals surface area contributed by atoms with E-state index in [1.165, 1.54) is 11.6 Å². The van der Waals surface area contributed by atoms with Crippen LogP contribution in [0.25, 0.3) is 0 Å². The molecule has 0 amide bonds. The Bertz CT molecular complexity index is 1030. The first-order valence-electron chi connectivity index (χ1n) is 11.1. The predicted molar refractivity (Wildman–Crippen MR) is 125 cm³/mol. The van der Waals surface area contributed by atoms with E-state index in [0.717, 1.165) is 54.5 Å². The number of ether oxygens (including phenoxy) is 1. The summed E-state index contributed by atoms with van der Waals surface area (Å²) >= 11 is 6.08. The first-order chi connectivity index (χ1) is 15.5. The molecule has 2 N–H and O–H groups in total. The Morgan fingerprint density at radius 2 is 1.88 bits per heavy atom. The zero-order chi connectivity index (χ0) is 22.1. The summed E-state index contributed by atoms with van der Waals surface area (Å²) < 4.78 is 20.2. The van der Waals surface area contributed by atoms with Crippen molar-refractivity contribution < 1.29 is 9.13 Å². The molecule has 0 spiro atoms. The van der Waals surface area contributed by atoms with E-state index in [1.54, 1.807) is 12.1 Å². The van der Waals surface area contributed by atoms with Crippen molar-refractivity contribution in [1.82, 2.24) is 9.80 Å². The largest absolute Gasteiger partial charge is 0.492 e. The molecule has 0 bridgehead atoms. The maximum absolute atomic E-state index is 14.0. The fraction of sp³-hybridized carbons (Fsp3) is 0.417. The highest BCUT2D eigenvalue weighted by molar-refractivity contribution is 6.30. The summed E-state index contributed by atoms with van der Waals surface area (Å²) in [5, 5.41) is 8.94. The van der Waals surface area contributed by atoms with Gasteiger partial charge < -0.3 is 15.4 Å². The lowest BCUT2D eigenvalue weighted by Gasteiger charge is -2.42. The van der Waals surface area contributed by atoms with Gasteiger partial charge in [0, 0.05) is 42.3 Å². The van der Waals surface area contributed by atoms with Gasteiger partial charge in [0.25, 0.3) is 0 Å². The molecule has 0 aliphatic carbocycles. The molecule has 0 saturated carbocycles. The first kappa shape index (κ1) is 21.2. The Kier molecular flexibility index (Phi) is 6.02. The lowest BCUT2D eigenvalue weighted by molar-refractivity contribution is 0.0670. The minimum Gasteiger partial charge on any atom is -0.492 e. The molecule has 3 aliphatic rings. The molecule has 2 aromatic carbocycles. The number of hydrogen-bond donors (Lipinski definition) is 1. The molecule has 1 fully saturated rings. The normalized spacial score (nSPS) is 22.1. The molecule has 0 radical (unpaired) electrons. The number of nitrogens with two attached hydrogens (primary N) is 1. The smallest absolute Gasteiger partial charge is 0.135 e. The molecule has 0 unspecified atom stereocenters. The van der Waals surface area contributed by atoms with Crippen LogP contribution in [0.5, 0.6) is 5.75 Å². The molecule has 3 aliphatic heterocycles. The van der Waals surface area contributed by atoms with E-state index in [1.807, 2.05) is 12.1 Å². The van der Waals surface area contributed by atoms with Crippen LogP contribution in [-0.2, 0) is 13.0 Å². The number of fused-ring (bicyclic) bond motifs is 1. The van der Waals surface area contributed by atoms with Gasteiger partial charge in [-0.15, -0.1) is 10.2 Å². The van der Waals surface area contributed by atoms with Crippen molar-refractivity contribution in [2.75, 3.05) is 19.7 Å². The lowest BCUT2D eigenvalue weighted by atomic mass is 9.97. The van der Waals surface area contributed by atoms with E-state index < -0.39 is 0 Å². The van der Waals surface area contributed by atoms with Crippen molar-refractivity contribution in [2.24, 2.45) is 15.9 Å². The van der Waals surface area contributed by atoms with Crippen LogP contribution in [0.3, 0.4) is 0 Å². The zero-order valence-electron chi connectivity index (χ0n) is 17.9. The molecule has 5 rings (SSSR count). The summed E-state index contributed by atoms with van der Waals surface area (Å²) in [5.41, 5.74) is 7.93. The molecule has 168 valence electrons. The Morgan fingerprint density at radius 3 is 2.59 bits per heavy atom. The van der Waals surface area contributed by atoms with Crippen molar-refractivity contribution in [3.63, 3.8) is 0 Å². The molecule has 32 heavy (non-hydrogen) atoms. The minimum absolute atomic E-state index is 0.186. The zero-order valence-corrected chi connectivity index (χ0v) is 18.6. The lowest BCUT2D eigenvalue weighted by Crippen LogP contribution is -2.51. The fourth-order valence-corrected chi connectivity index (χ4v) is 5.03.